The Hall–Kier alpha value is -2.67. The molecule has 0 atom stereocenters. The lowest BCUT2D eigenvalue weighted by Gasteiger charge is -2.21. The first-order valence-electron chi connectivity index (χ1n) is 14.1. The molecule has 6 heteroatoms. The van der Waals surface area contributed by atoms with Crippen molar-refractivity contribution in [1.82, 2.24) is 0 Å². The van der Waals surface area contributed by atoms with Gasteiger partial charge in [-0.25, -0.2) is 0 Å². The summed E-state index contributed by atoms with van der Waals surface area (Å²) in [7, 11) is 0. The van der Waals surface area contributed by atoms with Gasteiger partial charge in [-0.1, -0.05) is 35.3 Å². The highest BCUT2D eigenvalue weighted by Gasteiger charge is 2.14. The quantitative estimate of drug-likeness (QED) is 0.185. The summed E-state index contributed by atoms with van der Waals surface area (Å²) in [5, 5.41) is 0. The first-order chi connectivity index (χ1) is 19.6. The fraction of sp³-hybridized carbons (Fsp3) is 0.333. The molecule has 0 unspecified atom stereocenters. The summed E-state index contributed by atoms with van der Waals surface area (Å²) in [4.78, 5) is 7.07. The summed E-state index contributed by atoms with van der Waals surface area (Å²) in [5.41, 5.74) is -0.665. The van der Waals surface area contributed by atoms with Crippen LogP contribution >= 0.6 is 35.3 Å². The van der Waals surface area contributed by atoms with Crippen LogP contribution in [0.1, 0.15) is 62.3 Å². The molecule has 0 aliphatic heterocycles. The summed E-state index contributed by atoms with van der Waals surface area (Å²) < 4.78 is 18.0. The van der Waals surface area contributed by atoms with Crippen molar-refractivity contribution in [2.75, 3.05) is 0 Å². The summed E-state index contributed by atoms with van der Waals surface area (Å²) in [6, 6.07) is 31.8. The molecule has 0 saturated carbocycles. The predicted molar refractivity (Wildman–Crippen MR) is 179 cm³/mol. The standard InChI is InChI=1S/C36H42O3S3/c1-34(2,3)37-25-10-16-28(17-11-25)40-31-22-32(41-29-18-12-26(13-19-29)38-35(4,5)6)24-33(23-31)42-30-20-14-27(15-21-30)39-36(7,8)9/h10-24H,1-9H3. The van der Waals surface area contributed by atoms with Crippen LogP contribution in [-0.4, -0.2) is 16.8 Å². The van der Waals surface area contributed by atoms with Crippen molar-refractivity contribution in [3.8, 4) is 17.2 Å². The molecule has 222 valence electrons. The Morgan fingerprint density at radius 2 is 0.548 bits per heavy atom. The first-order valence-corrected chi connectivity index (χ1v) is 16.6. The number of hydrogen-bond donors (Lipinski definition) is 0. The molecule has 4 aromatic carbocycles. The topological polar surface area (TPSA) is 27.7 Å². The molecule has 4 rings (SSSR count). The zero-order chi connectivity index (χ0) is 30.5. The Bertz CT molecular complexity index is 1250. The lowest BCUT2D eigenvalue weighted by Crippen LogP contribution is -2.22. The molecule has 0 bridgehead atoms. The van der Waals surface area contributed by atoms with Crippen LogP contribution in [0.15, 0.2) is 120 Å². The number of hydrogen-bond acceptors (Lipinski definition) is 6. The molecule has 0 aliphatic rings. The van der Waals surface area contributed by atoms with E-state index >= 15 is 0 Å². The molecule has 0 saturated heterocycles. The smallest absolute Gasteiger partial charge is 0.120 e. The van der Waals surface area contributed by atoms with Crippen molar-refractivity contribution >= 4 is 35.3 Å². The highest BCUT2D eigenvalue weighted by molar-refractivity contribution is 8.01. The molecule has 4 aromatic rings. The van der Waals surface area contributed by atoms with E-state index in [2.05, 4.69) is 117 Å². The zero-order valence-corrected chi connectivity index (χ0v) is 28.6. The van der Waals surface area contributed by atoms with Gasteiger partial charge in [-0.2, -0.15) is 0 Å². The Kier molecular flexibility index (Phi) is 10.2. The maximum atomic E-state index is 6.01. The molecule has 0 fully saturated rings. The van der Waals surface area contributed by atoms with Crippen LogP contribution in [0.3, 0.4) is 0 Å². The molecule has 0 spiro atoms. The summed E-state index contributed by atoms with van der Waals surface area (Å²) in [6.07, 6.45) is 0. The van der Waals surface area contributed by atoms with Gasteiger partial charge in [0, 0.05) is 29.4 Å². The second-order valence-corrected chi connectivity index (χ2v) is 16.4. The van der Waals surface area contributed by atoms with Gasteiger partial charge in [-0.3, -0.25) is 0 Å². The lowest BCUT2D eigenvalue weighted by molar-refractivity contribution is 0.130. The minimum absolute atomic E-state index is 0.222. The number of benzene rings is 4. The normalized spacial score (nSPS) is 12.2. The third-order valence-corrected chi connectivity index (χ3v) is 8.24. The largest absolute Gasteiger partial charge is 0.488 e. The Labute approximate surface area is 265 Å². The van der Waals surface area contributed by atoms with Crippen LogP contribution in [-0.2, 0) is 0 Å². The van der Waals surface area contributed by atoms with E-state index < -0.39 is 0 Å². The van der Waals surface area contributed by atoms with Gasteiger partial charge >= 0.3 is 0 Å². The van der Waals surface area contributed by atoms with E-state index in [0.717, 1.165) is 17.2 Å². The zero-order valence-electron chi connectivity index (χ0n) is 26.1. The van der Waals surface area contributed by atoms with Crippen LogP contribution in [0.2, 0.25) is 0 Å². The third-order valence-electron chi connectivity index (χ3n) is 5.30. The SMILES string of the molecule is CC(C)(C)Oc1ccc(Sc2cc(Sc3ccc(OC(C)(C)C)cc3)cc(Sc3ccc(OC(C)(C)C)cc3)c2)cc1. The van der Waals surface area contributed by atoms with Crippen molar-refractivity contribution in [2.24, 2.45) is 0 Å². The molecule has 3 nitrogen and oxygen atoms in total. The average molecular weight is 619 g/mol. The monoisotopic (exact) mass is 618 g/mol. The minimum atomic E-state index is -0.222. The summed E-state index contributed by atoms with van der Waals surface area (Å²) in [5.74, 6) is 2.64. The fourth-order valence-corrected chi connectivity index (χ4v) is 6.89. The van der Waals surface area contributed by atoms with Gasteiger partial charge in [0.2, 0.25) is 0 Å². The van der Waals surface area contributed by atoms with Gasteiger partial charge in [-0.15, -0.1) is 0 Å². The van der Waals surface area contributed by atoms with Gasteiger partial charge in [0.15, 0.2) is 0 Å². The highest BCUT2D eigenvalue weighted by atomic mass is 32.2. The van der Waals surface area contributed by atoms with Crippen LogP contribution < -0.4 is 14.2 Å². The molecule has 0 amide bonds. The number of rotatable bonds is 9. The van der Waals surface area contributed by atoms with Gasteiger partial charge in [0.25, 0.3) is 0 Å². The molecule has 42 heavy (non-hydrogen) atoms. The Morgan fingerprint density at radius 1 is 0.333 bits per heavy atom. The van der Waals surface area contributed by atoms with Crippen LogP contribution in [0.4, 0.5) is 0 Å². The number of ether oxygens (including phenoxy) is 3. The van der Waals surface area contributed by atoms with Crippen LogP contribution in [0.5, 0.6) is 17.2 Å². The van der Waals surface area contributed by atoms with Crippen molar-refractivity contribution < 1.29 is 14.2 Å². The molecular weight excluding hydrogens is 577 g/mol. The lowest BCUT2D eigenvalue weighted by atomic mass is 10.2. The van der Waals surface area contributed by atoms with E-state index in [9.17, 15) is 0 Å². The Balaban J connectivity index is 1.57. The van der Waals surface area contributed by atoms with E-state index in [1.165, 1.54) is 29.4 Å². The van der Waals surface area contributed by atoms with Gasteiger partial charge in [0.1, 0.15) is 34.1 Å². The maximum Gasteiger partial charge on any atom is 0.120 e. The molecular formula is C36H42O3S3. The Morgan fingerprint density at radius 3 is 0.738 bits per heavy atom. The van der Waals surface area contributed by atoms with Crippen molar-refractivity contribution in [2.45, 2.75) is 108 Å². The van der Waals surface area contributed by atoms with E-state index in [1.54, 1.807) is 35.3 Å². The van der Waals surface area contributed by atoms with Gasteiger partial charge in [0.05, 0.1) is 0 Å². The molecule has 0 radical (unpaired) electrons. The second kappa shape index (κ2) is 13.3. The van der Waals surface area contributed by atoms with Crippen molar-refractivity contribution in [1.29, 1.82) is 0 Å². The average Bonchev–Trinajstić information content (AvgIpc) is 2.85. The van der Waals surface area contributed by atoms with E-state index in [4.69, 9.17) is 14.2 Å². The van der Waals surface area contributed by atoms with E-state index in [0.29, 0.717) is 0 Å². The molecule has 0 aliphatic carbocycles. The van der Waals surface area contributed by atoms with Crippen molar-refractivity contribution in [3.63, 3.8) is 0 Å². The molecule has 0 aromatic heterocycles. The van der Waals surface area contributed by atoms with E-state index in [1.807, 2.05) is 36.4 Å². The van der Waals surface area contributed by atoms with Crippen LogP contribution in [0, 0.1) is 0 Å². The maximum absolute atomic E-state index is 6.01. The first kappa shape index (κ1) is 32.2. The van der Waals surface area contributed by atoms with Gasteiger partial charge < -0.3 is 14.2 Å². The predicted octanol–water partition coefficient (Wildman–Crippen LogP) is 11.7. The van der Waals surface area contributed by atoms with E-state index in [-0.39, 0.29) is 16.8 Å². The van der Waals surface area contributed by atoms with Crippen molar-refractivity contribution in [3.05, 3.63) is 91.0 Å². The summed E-state index contributed by atoms with van der Waals surface area (Å²) in [6.45, 7) is 18.6. The third kappa shape index (κ3) is 11.2. The second-order valence-electron chi connectivity index (χ2n) is 13.0. The molecule has 0 N–H and O–H groups in total. The highest BCUT2D eigenvalue weighted by Crippen LogP contribution is 2.40. The minimum Gasteiger partial charge on any atom is -0.488 e. The fourth-order valence-electron chi connectivity index (χ4n) is 3.92. The molecule has 0 heterocycles. The van der Waals surface area contributed by atoms with Crippen LogP contribution in [0.25, 0.3) is 0 Å². The van der Waals surface area contributed by atoms with Gasteiger partial charge in [-0.05, 0) is 153 Å². The summed E-state index contributed by atoms with van der Waals surface area (Å²) >= 11 is 5.28.